The number of aromatic hydroxyl groups is 2. The molecule has 6 N–H and O–H groups in total. The molecule has 0 bridgehead atoms. The average molecular weight is 419 g/mol. The number of fused-ring (bicyclic) bond motifs is 1. The lowest BCUT2D eigenvalue weighted by molar-refractivity contribution is -0.0511. The van der Waals surface area contributed by atoms with Gasteiger partial charge in [-0.2, -0.15) is 0 Å². The molecule has 0 unspecified atom stereocenters. The number of aliphatic hydroxyl groups excluding tert-OH is 3. The van der Waals surface area contributed by atoms with Crippen molar-refractivity contribution in [2.45, 2.75) is 31.1 Å². The number of phenols is 2. The van der Waals surface area contributed by atoms with Gasteiger partial charge >= 0.3 is 0 Å². The van der Waals surface area contributed by atoms with Crippen molar-refractivity contribution in [2.75, 3.05) is 19.0 Å². The summed E-state index contributed by atoms with van der Waals surface area (Å²) in [4.78, 5) is 12.6. The Hall–Kier alpha value is -3.19. The second-order valence-corrected chi connectivity index (χ2v) is 6.78. The normalized spacial score (nSPS) is 23.7. The zero-order valence-electron chi connectivity index (χ0n) is 15.9. The molecule has 1 aliphatic heterocycles. The number of hydrogen-bond acceptors (Lipinski definition) is 11. The van der Waals surface area contributed by atoms with Gasteiger partial charge in [-0.1, -0.05) is 0 Å². The van der Waals surface area contributed by atoms with Crippen molar-refractivity contribution in [1.29, 1.82) is 0 Å². The van der Waals surface area contributed by atoms with Gasteiger partial charge in [-0.05, 0) is 6.07 Å². The molecule has 4 atom stereocenters. The number of nitrogens with one attached hydrogen (secondary N) is 1. The van der Waals surface area contributed by atoms with Gasteiger partial charge in [-0.15, -0.1) is 0 Å². The quantitative estimate of drug-likeness (QED) is 0.283. The monoisotopic (exact) mass is 419 g/mol. The Morgan fingerprint density at radius 3 is 2.63 bits per heavy atom. The molecule has 30 heavy (non-hydrogen) atoms. The minimum absolute atomic E-state index is 0.0699. The highest BCUT2D eigenvalue weighted by atomic mass is 16.6. The van der Waals surface area contributed by atoms with Crippen molar-refractivity contribution < 1.29 is 35.0 Å². The summed E-state index contributed by atoms with van der Waals surface area (Å²) in [5.41, 5.74) is 1.11. The predicted octanol–water partition coefficient (Wildman–Crippen LogP) is -0.530. The zero-order valence-corrected chi connectivity index (χ0v) is 15.9. The number of nitrogens with zero attached hydrogens (tertiary/aromatic N) is 4. The highest BCUT2D eigenvalue weighted by Crippen LogP contribution is 2.34. The van der Waals surface area contributed by atoms with Crippen LogP contribution in [-0.2, 0) is 11.3 Å². The highest BCUT2D eigenvalue weighted by Gasteiger charge is 2.44. The maximum Gasteiger partial charge on any atom is 0.167 e. The summed E-state index contributed by atoms with van der Waals surface area (Å²) in [6, 6.07) is 2.68. The van der Waals surface area contributed by atoms with Crippen LogP contribution < -0.4 is 10.1 Å². The standard InChI is InChI=1S/C18H21N5O7/c1-29-11-3-9(25)8(2-10(11)26)4-19-16-13-17(21-6-20-16)23(7-22-13)18-15(28)14(27)12(5-24)30-18/h2-3,6-7,12,14-15,18,24-28H,4-5H2,1H3,(H,19,20,21)/t12-,14-,15-,18-/m1/s1. The van der Waals surface area contributed by atoms with Crippen LogP contribution >= 0.6 is 0 Å². The van der Waals surface area contributed by atoms with Gasteiger partial charge in [-0.25, -0.2) is 15.0 Å². The smallest absolute Gasteiger partial charge is 0.167 e. The fraction of sp³-hybridized carbons (Fsp3) is 0.389. The number of aromatic nitrogens is 4. The summed E-state index contributed by atoms with van der Waals surface area (Å²) >= 11 is 0. The average Bonchev–Trinajstić information content (AvgIpc) is 3.29. The van der Waals surface area contributed by atoms with Crippen molar-refractivity contribution in [1.82, 2.24) is 19.5 Å². The third kappa shape index (κ3) is 3.35. The molecule has 160 valence electrons. The summed E-state index contributed by atoms with van der Waals surface area (Å²) in [6.07, 6.45) is -1.75. The van der Waals surface area contributed by atoms with Gasteiger partial charge in [0.05, 0.1) is 20.0 Å². The van der Waals surface area contributed by atoms with E-state index in [9.17, 15) is 25.5 Å². The van der Waals surface area contributed by atoms with Crippen LogP contribution in [0, 0.1) is 0 Å². The molecule has 12 heteroatoms. The molecule has 0 amide bonds. The molecule has 1 aromatic carbocycles. The molecule has 12 nitrogen and oxygen atoms in total. The number of benzene rings is 1. The van der Waals surface area contributed by atoms with Crippen LogP contribution in [0.2, 0.25) is 0 Å². The van der Waals surface area contributed by atoms with Crippen LogP contribution in [0.25, 0.3) is 11.2 Å². The second kappa shape index (κ2) is 7.91. The maximum absolute atomic E-state index is 10.3. The Morgan fingerprint density at radius 2 is 1.93 bits per heavy atom. The van der Waals surface area contributed by atoms with E-state index in [4.69, 9.17) is 9.47 Å². The van der Waals surface area contributed by atoms with E-state index in [-0.39, 0.29) is 23.8 Å². The summed E-state index contributed by atoms with van der Waals surface area (Å²) in [6.45, 7) is -0.322. The minimum atomic E-state index is -1.27. The van der Waals surface area contributed by atoms with E-state index in [1.54, 1.807) is 0 Å². The predicted molar refractivity (Wildman–Crippen MR) is 102 cm³/mol. The van der Waals surface area contributed by atoms with Crippen molar-refractivity contribution in [3.63, 3.8) is 0 Å². The Balaban J connectivity index is 1.59. The first-order valence-electron chi connectivity index (χ1n) is 9.07. The second-order valence-electron chi connectivity index (χ2n) is 6.78. The van der Waals surface area contributed by atoms with Crippen molar-refractivity contribution in [2.24, 2.45) is 0 Å². The summed E-state index contributed by atoms with van der Waals surface area (Å²) in [5, 5.41) is 52.6. The Kier molecular flexibility index (Phi) is 5.30. The summed E-state index contributed by atoms with van der Waals surface area (Å²) < 4.78 is 11.9. The lowest BCUT2D eigenvalue weighted by Crippen LogP contribution is -2.33. The summed E-state index contributed by atoms with van der Waals surface area (Å²) in [5.74, 6) is 0.311. The van der Waals surface area contributed by atoms with E-state index in [0.29, 0.717) is 22.5 Å². The van der Waals surface area contributed by atoms with Gasteiger partial charge in [0, 0.05) is 18.2 Å². The van der Waals surface area contributed by atoms with Crippen LogP contribution in [0.5, 0.6) is 17.2 Å². The van der Waals surface area contributed by atoms with E-state index in [1.165, 1.54) is 36.5 Å². The largest absolute Gasteiger partial charge is 0.507 e. The molecule has 2 aromatic heterocycles. The van der Waals surface area contributed by atoms with Crippen LogP contribution in [0.3, 0.4) is 0 Å². The van der Waals surface area contributed by atoms with Crippen molar-refractivity contribution in [3.05, 3.63) is 30.4 Å². The third-order valence-electron chi connectivity index (χ3n) is 4.98. The fourth-order valence-electron chi connectivity index (χ4n) is 3.36. The van der Waals surface area contributed by atoms with Gasteiger partial charge in [-0.3, -0.25) is 4.57 Å². The van der Waals surface area contributed by atoms with Crippen molar-refractivity contribution >= 4 is 17.0 Å². The SMILES string of the molecule is COc1cc(O)c(CNc2ncnc3c2ncn3[C@@H]2O[C@H](CO)[C@@H](O)[C@H]2O)cc1O. The molecule has 1 aliphatic rings. The molecule has 4 rings (SSSR count). The van der Waals surface area contributed by atoms with E-state index in [0.717, 1.165) is 0 Å². The van der Waals surface area contributed by atoms with Crippen LogP contribution in [0.1, 0.15) is 11.8 Å². The first-order chi connectivity index (χ1) is 14.4. The van der Waals surface area contributed by atoms with Crippen LogP contribution in [0.4, 0.5) is 5.82 Å². The first-order valence-corrected chi connectivity index (χ1v) is 9.07. The Bertz CT molecular complexity index is 1060. The molecule has 3 heterocycles. The maximum atomic E-state index is 10.3. The van der Waals surface area contributed by atoms with Gasteiger partial charge in [0.15, 0.2) is 34.7 Å². The molecular weight excluding hydrogens is 398 g/mol. The molecule has 1 fully saturated rings. The molecule has 0 spiro atoms. The number of rotatable bonds is 6. The number of imidazole rings is 1. The number of phenolic OH excluding ortho intramolecular Hbond substituents is 2. The van der Waals surface area contributed by atoms with Gasteiger partial charge < -0.3 is 40.3 Å². The van der Waals surface area contributed by atoms with Crippen LogP contribution in [0.15, 0.2) is 24.8 Å². The zero-order chi connectivity index (χ0) is 21.4. The highest BCUT2D eigenvalue weighted by molar-refractivity contribution is 5.82. The Labute approximate surface area is 170 Å². The molecular formula is C18H21N5O7. The lowest BCUT2D eigenvalue weighted by atomic mass is 10.1. The first kappa shape index (κ1) is 20.1. The molecule has 3 aromatic rings. The number of methoxy groups -OCH3 is 1. The van der Waals surface area contributed by atoms with E-state index >= 15 is 0 Å². The number of aliphatic hydroxyl groups is 3. The molecule has 0 saturated carbocycles. The Morgan fingerprint density at radius 1 is 1.13 bits per heavy atom. The van der Waals surface area contributed by atoms with Gasteiger partial charge in [0.1, 0.15) is 30.4 Å². The van der Waals surface area contributed by atoms with E-state index in [1.807, 2.05) is 0 Å². The lowest BCUT2D eigenvalue weighted by Gasteiger charge is -2.16. The summed E-state index contributed by atoms with van der Waals surface area (Å²) in [7, 11) is 1.38. The molecule has 1 saturated heterocycles. The minimum Gasteiger partial charge on any atom is -0.507 e. The van der Waals surface area contributed by atoms with Crippen LogP contribution in [-0.4, -0.2) is 77.1 Å². The fourth-order valence-corrected chi connectivity index (χ4v) is 3.36. The van der Waals surface area contributed by atoms with Gasteiger partial charge in [0.25, 0.3) is 0 Å². The van der Waals surface area contributed by atoms with E-state index in [2.05, 4.69) is 20.3 Å². The van der Waals surface area contributed by atoms with Crippen molar-refractivity contribution in [3.8, 4) is 17.2 Å². The molecule has 0 radical (unpaired) electrons. The third-order valence-corrected chi connectivity index (χ3v) is 4.98. The number of anilines is 1. The number of ether oxygens (including phenoxy) is 2. The topological polar surface area (TPSA) is 175 Å². The van der Waals surface area contributed by atoms with Gasteiger partial charge in [0.2, 0.25) is 0 Å². The van der Waals surface area contributed by atoms with E-state index < -0.39 is 31.1 Å². The number of hydrogen-bond donors (Lipinski definition) is 6. The molecule has 0 aliphatic carbocycles.